The van der Waals surface area contributed by atoms with Gasteiger partial charge >= 0.3 is 0 Å². The van der Waals surface area contributed by atoms with Crippen molar-refractivity contribution in [3.05, 3.63) is 0 Å². The Morgan fingerprint density at radius 1 is 1.33 bits per heavy atom. The maximum atomic E-state index is 6.02. The van der Waals surface area contributed by atoms with E-state index < -0.39 is 8.25 Å². The molecule has 1 N–H and O–H groups in total. The first-order chi connectivity index (χ1) is 6.80. The number of rotatable bonds is 3. The number of hydrogen-bond acceptors (Lipinski definition) is 3. The van der Waals surface area contributed by atoms with Gasteiger partial charge in [0.2, 0.25) is 8.25 Å². The van der Waals surface area contributed by atoms with E-state index in [2.05, 4.69) is 10.5 Å². The van der Waals surface area contributed by atoms with Gasteiger partial charge in [-0.15, -0.1) is 0 Å². The van der Waals surface area contributed by atoms with Crippen molar-refractivity contribution in [2.45, 2.75) is 28.0 Å². The van der Waals surface area contributed by atoms with Crippen molar-refractivity contribution in [1.82, 2.24) is 10.3 Å². The van der Waals surface area contributed by atoms with Crippen LogP contribution in [0.4, 0.5) is 0 Å². The molecule has 0 aliphatic carbocycles. The highest BCUT2D eigenvalue weighted by atomic mass is 35.6. The van der Waals surface area contributed by atoms with Crippen molar-refractivity contribution >= 4 is 63.8 Å². The smallest absolute Gasteiger partial charge is 0.241 e. The maximum absolute atomic E-state index is 6.02. The maximum Gasteiger partial charge on any atom is 0.241 e. The van der Waals surface area contributed by atoms with E-state index in [0.717, 1.165) is 12.8 Å². The molecule has 0 unspecified atom stereocenters. The van der Waals surface area contributed by atoms with Crippen LogP contribution < -0.4 is 5.43 Å². The van der Waals surface area contributed by atoms with E-state index in [9.17, 15) is 0 Å². The van der Waals surface area contributed by atoms with Gasteiger partial charge in [0.05, 0.1) is 0 Å². The molecule has 1 aliphatic rings. The molecule has 0 amide bonds. The quantitative estimate of drug-likeness (QED) is 0.638. The topological polar surface area (TPSA) is 27.6 Å². The molecule has 0 aromatic rings. The summed E-state index contributed by atoms with van der Waals surface area (Å²) in [6.45, 7) is 2.34. The molecule has 0 saturated carbocycles. The van der Waals surface area contributed by atoms with Gasteiger partial charge in [0.25, 0.3) is 0 Å². The number of hydrogen-bond donors (Lipinski definition) is 1. The summed E-state index contributed by atoms with van der Waals surface area (Å²) in [5.41, 5.74) is 2.75. The number of halogens is 5. The van der Waals surface area contributed by atoms with Crippen molar-refractivity contribution < 1.29 is 0 Å². The first-order valence-electron chi connectivity index (χ1n) is 4.32. The molecule has 0 aromatic heterocycles. The van der Waals surface area contributed by atoms with Crippen LogP contribution >= 0.6 is 58.0 Å². The van der Waals surface area contributed by atoms with Crippen molar-refractivity contribution in [2.24, 2.45) is 5.10 Å². The third-order valence-corrected chi connectivity index (χ3v) is 4.28. The number of nitrogens with zero attached hydrogens (tertiary/aromatic N) is 2. The van der Waals surface area contributed by atoms with Crippen LogP contribution in [0.15, 0.2) is 5.10 Å². The number of alkyl halides is 5. The summed E-state index contributed by atoms with van der Waals surface area (Å²) in [4.78, 5) is 1.53. The molecule has 15 heavy (non-hydrogen) atoms. The molecular weight excluding hydrogens is 303 g/mol. The summed E-state index contributed by atoms with van der Waals surface area (Å²) < 4.78 is -3.44. The Morgan fingerprint density at radius 2 is 1.93 bits per heavy atom. The lowest BCUT2D eigenvalue weighted by Gasteiger charge is -2.37. The van der Waals surface area contributed by atoms with Gasteiger partial charge in [-0.2, -0.15) is 5.10 Å². The summed E-state index contributed by atoms with van der Waals surface area (Å²) in [5, 5.41) is 4.03. The molecule has 3 nitrogen and oxygen atoms in total. The fourth-order valence-electron chi connectivity index (χ4n) is 1.18. The third-order valence-electron chi connectivity index (χ3n) is 1.90. The fourth-order valence-corrected chi connectivity index (χ4v) is 1.80. The van der Waals surface area contributed by atoms with Gasteiger partial charge in [0.1, 0.15) is 12.5 Å². The molecule has 0 fully saturated rings. The van der Waals surface area contributed by atoms with E-state index in [-0.39, 0.29) is 0 Å². The number of hydrazone groups is 1. The van der Waals surface area contributed by atoms with Crippen LogP contribution in [0, 0.1) is 0 Å². The van der Waals surface area contributed by atoms with Crippen LogP contribution in [0.2, 0.25) is 0 Å². The number of amidine groups is 1. The first-order valence-corrected chi connectivity index (χ1v) is 6.21. The summed E-state index contributed by atoms with van der Waals surface area (Å²) >= 11 is 29.2. The summed E-state index contributed by atoms with van der Waals surface area (Å²) in [6, 6.07) is 0. The molecule has 0 atom stereocenters. The highest BCUT2D eigenvalue weighted by molar-refractivity contribution is 6.75. The molecule has 1 aliphatic heterocycles. The highest BCUT2D eigenvalue weighted by Gasteiger charge is 2.52. The van der Waals surface area contributed by atoms with E-state index in [0.29, 0.717) is 12.5 Å². The zero-order chi connectivity index (χ0) is 11.7. The van der Waals surface area contributed by atoms with Crippen LogP contribution in [0.1, 0.15) is 19.8 Å². The summed E-state index contributed by atoms with van der Waals surface area (Å²) in [5.74, 6) is 0.689. The lowest BCUT2D eigenvalue weighted by molar-refractivity contribution is 0.356. The van der Waals surface area contributed by atoms with E-state index in [1.807, 2.05) is 6.92 Å². The van der Waals surface area contributed by atoms with E-state index in [1.165, 1.54) is 4.90 Å². The van der Waals surface area contributed by atoms with Crippen LogP contribution in [0.3, 0.4) is 0 Å². The van der Waals surface area contributed by atoms with Crippen molar-refractivity contribution in [1.29, 1.82) is 0 Å². The Kier molecular flexibility index (Phi) is 4.53. The van der Waals surface area contributed by atoms with E-state index in [1.54, 1.807) is 0 Å². The molecule has 0 spiro atoms. The standard InChI is InChI=1S/C7H10Cl5N3/c1-2-3-5-14-13-4-15(5)7(11,12)6(8,9)10/h13H,2-4H2,1H3. The first kappa shape index (κ1) is 13.8. The minimum atomic E-state index is -1.81. The average molecular weight is 313 g/mol. The van der Waals surface area contributed by atoms with Crippen molar-refractivity contribution in [3.63, 3.8) is 0 Å². The fraction of sp³-hybridized carbons (Fsp3) is 0.857. The molecule has 0 bridgehead atoms. The van der Waals surface area contributed by atoms with Crippen molar-refractivity contribution in [3.8, 4) is 0 Å². The number of nitrogens with one attached hydrogen (secondary N) is 1. The lowest BCUT2D eigenvalue weighted by Crippen LogP contribution is -2.51. The van der Waals surface area contributed by atoms with Gasteiger partial charge in [-0.05, 0) is 6.42 Å². The minimum Gasteiger partial charge on any atom is -0.304 e. The lowest BCUT2D eigenvalue weighted by atomic mass is 10.3. The summed E-state index contributed by atoms with van der Waals surface area (Å²) in [6.07, 6.45) is 1.62. The Labute approximate surface area is 114 Å². The van der Waals surface area contributed by atoms with Crippen LogP contribution in [0.25, 0.3) is 0 Å². The van der Waals surface area contributed by atoms with Gasteiger partial charge in [-0.1, -0.05) is 64.9 Å². The Morgan fingerprint density at radius 3 is 2.40 bits per heavy atom. The molecule has 0 radical (unpaired) electrons. The SMILES string of the molecule is CCCC1=NNCN1C(Cl)(Cl)C(Cl)(Cl)Cl. The Balaban J connectivity index is 2.84. The molecule has 0 saturated heterocycles. The van der Waals surface area contributed by atoms with Gasteiger partial charge in [-0.25, -0.2) is 0 Å². The Hall–Kier alpha value is 0.720. The van der Waals surface area contributed by atoms with E-state index in [4.69, 9.17) is 58.0 Å². The van der Waals surface area contributed by atoms with Gasteiger partial charge in [-0.3, -0.25) is 5.43 Å². The average Bonchev–Trinajstić information content (AvgIpc) is 2.51. The predicted molar refractivity (Wildman–Crippen MR) is 66.9 cm³/mol. The predicted octanol–water partition coefficient (Wildman–Crippen LogP) is 3.46. The summed E-state index contributed by atoms with van der Waals surface area (Å²) in [7, 11) is 0. The minimum absolute atomic E-state index is 0.330. The van der Waals surface area contributed by atoms with Crippen LogP contribution in [-0.4, -0.2) is 25.7 Å². The van der Waals surface area contributed by atoms with Gasteiger partial charge in [0.15, 0.2) is 0 Å². The van der Waals surface area contributed by atoms with Crippen LogP contribution in [0.5, 0.6) is 0 Å². The van der Waals surface area contributed by atoms with E-state index >= 15 is 0 Å². The molecule has 8 heteroatoms. The monoisotopic (exact) mass is 311 g/mol. The zero-order valence-electron chi connectivity index (χ0n) is 7.91. The highest BCUT2D eigenvalue weighted by Crippen LogP contribution is 2.48. The van der Waals surface area contributed by atoms with Crippen molar-refractivity contribution in [2.75, 3.05) is 6.67 Å². The largest absolute Gasteiger partial charge is 0.304 e. The normalized spacial score (nSPS) is 17.7. The Bertz CT molecular complexity index is 260. The molecule has 1 rings (SSSR count). The third kappa shape index (κ3) is 2.89. The second kappa shape index (κ2) is 4.92. The molecule has 0 aromatic carbocycles. The van der Waals surface area contributed by atoms with Gasteiger partial charge in [0, 0.05) is 6.42 Å². The second-order valence-corrected chi connectivity index (χ2v) is 6.63. The van der Waals surface area contributed by atoms with Crippen LogP contribution in [-0.2, 0) is 0 Å². The van der Waals surface area contributed by atoms with Gasteiger partial charge < -0.3 is 4.90 Å². The second-order valence-electron chi connectivity index (χ2n) is 3.06. The molecule has 1 heterocycles. The molecular formula is C7H10Cl5N3. The molecule has 88 valence electrons. The zero-order valence-corrected chi connectivity index (χ0v) is 11.7.